The van der Waals surface area contributed by atoms with Crippen molar-refractivity contribution < 1.29 is 4.79 Å². The maximum Gasteiger partial charge on any atom is 0.222 e. The molecule has 0 bridgehead atoms. The van der Waals surface area contributed by atoms with Crippen LogP contribution < -0.4 is 0 Å². The summed E-state index contributed by atoms with van der Waals surface area (Å²) in [5, 5.41) is 4.46. The molecular weight excluding hydrogens is 312 g/mol. The Kier molecular flexibility index (Phi) is 5.84. The fourth-order valence-corrected chi connectivity index (χ4v) is 3.75. The van der Waals surface area contributed by atoms with E-state index in [2.05, 4.69) is 34.0 Å². The van der Waals surface area contributed by atoms with Gasteiger partial charge in [-0.1, -0.05) is 6.07 Å². The number of piperidine rings is 1. The number of rotatable bonds is 6. The zero-order chi connectivity index (χ0) is 17.6. The van der Waals surface area contributed by atoms with Gasteiger partial charge in [0.25, 0.3) is 0 Å². The lowest BCUT2D eigenvalue weighted by Crippen LogP contribution is -2.40. The molecule has 2 aromatic rings. The van der Waals surface area contributed by atoms with Gasteiger partial charge in [0.15, 0.2) is 0 Å². The third kappa shape index (κ3) is 4.91. The number of hydrogen-bond acceptors (Lipinski definition) is 3. The fourth-order valence-electron chi connectivity index (χ4n) is 3.75. The number of likely N-dealkylation sites (tertiary alicyclic amines) is 1. The normalized spacial score (nSPS) is 17.7. The lowest BCUT2D eigenvalue weighted by Gasteiger charge is -2.33. The highest BCUT2D eigenvalue weighted by Crippen LogP contribution is 2.21. The molecule has 25 heavy (non-hydrogen) atoms. The van der Waals surface area contributed by atoms with Gasteiger partial charge in [-0.05, 0) is 63.1 Å². The fraction of sp³-hybridized carbons (Fsp3) is 0.550. The standard InChI is InChI=1S/C20H28N4O/c1-16-12-17(2)24(22-16)11-5-8-20(25)23-10-4-7-19(15-23)13-18-6-3-9-21-14-18/h3,6,9,12,14,19H,4-5,7-8,10-11,13,15H2,1-2H3/t19-/m1/s1. The zero-order valence-electron chi connectivity index (χ0n) is 15.3. The molecule has 0 aromatic carbocycles. The van der Waals surface area contributed by atoms with Gasteiger partial charge in [0, 0.05) is 44.1 Å². The van der Waals surface area contributed by atoms with Crippen molar-refractivity contribution in [2.24, 2.45) is 5.92 Å². The number of carbonyl (C=O) groups excluding carboxylic acids is 1. The van der Waals surface area contributed by atoms with Gasteiger partial charge in [-0.15, -0.1) is 0 Å². The number of pyridine rings is 1. The highest BCUT2D eigenvalue weighted by atomic mass is 16.2. The minimum absolute atomic E-state index is 0.289. The van der Waals surface area contributed by atoms with Gasteiger partial charge >= 0.3 is 0 Å². The molecule has 5 nitrogen and oxygen atoms in total. The Morgan fingerprint density at radius 2 is 2.24 bits per heavy atom. The summed E-state index contributed by atoms with van der Waals surface area (Å²) in [6.45, 7) is 6.68. The Hall–Kier alpha value is -2.17. The topological polar surface area (TPSA) is 51.0 Å². The molecular formula is C20H28N4O. The van der Waals surface area contributed by atoms with Crippen molar-refractivity contribution in [3.63, 3.8) is 0 Å². The lowest BCUT2D eigenvalue weighted by molar-refractivity contribution is -0.133. The summed E-state index contributed by atoms with van der Waals surface area (Å²) in [6, 6.07) is 6.19. The molecule has 1 fully saturated rings. The Balaban J connectivity index is 1.46. The SMILES string of the molecule is Cc1cc(C)n(CCCC(=O)N2CCC[C@H](Cc3cccnc3)C2)n1. The first-order chi connectivity index (χ1) is 12.1. The van der Waals surface area contributed by atoms with Crippen LogP contribution in [0.1, 0.15) is 42.6 Å². The Bertz CT molecular complexity index is 695. The molecule has 2 aromatic heterocycles. The van der Waals surface area contributed by atoms with Gasteiger partial charge in [0.05, 0.1) is 5.69 Å². The third-order valence-electron chi connectivity index (χ3n) is 4.98. The monoisotopic (exact) mass is 340 g/mol. The third-order valence-corrected chi connectivity index (χ3v) is 4.98. The minimum atomic E-state index is 0.289. The van der Waals surface area contributed by atoms with Crippen molar-refractivity contribution in [2.45, 2.75) is 52.5 Å². The van der Waals surface area contributed by atoms with E-state index < -0.39 is 0 Å². The van der Waals surface area contributed by atoms with E-state index >= 15 is 0 Å². The average Bonchev–Trinajstić information content (AvgIpc) is 2.93. The van der Waals surface area contributed by atoms with E-state index in [0.29, 0.717) is 12.3 Å². The first-order valence-corrected chi connectivity index (χ1v) is 9.29. The van der Waals surface area contributed by atoms with E-state index in [4.69, 9.17) is 0 Å². The first kappa shape index (κ1) is 17.6. The summed E-state index contributed by atoms with van der Waals surface area (Å²) in [7, 11) is 0. The Morgan fingerprint density at radius 1 is 1.36 bits per heavy atom. The van der Waals surface area contributed by atoms with E-state index in [1.165, 1.54) is 17.7 Å². The maximum atomic E-state index is 12.6. The highest BCUT2D eigenvalue weighted by Gasteiger charge is 2.23. The quantitative estimate of drug-likeness (QED) is 0.812. The summed E-state index contributed by atoms with van der Waals surface area (Å²) in [5.41, 5.74) is 3.48. The molecule has 3 heterocycles. The molecule has 1 aliphatic rings. The number of carbonyl (C=O) groups is 1. The smallest absolute Gasteiger partial charge is 0.222 e. The molecule has 0 radical (unpaired) electrons. The number of nitrogens with zero attached hydrogens (tertiary/aromatic N) is 4. The molecule has 1 aliphatic heterocycles. The second-order valence-corrected chi connectivity index (χ2v) is 7.17. The average molecular weight is 340 g/mol. The highest BCUT2D eigenvalue weighted by molar-refractivity contribution is 5.76. The predicted molar refractivity (Wildman–Crippen MR) is 98.2 cm³/mol. The van der Waals surface area contributed by atoms with Crippen LogP contribution in [0.25, 0.3) is 0 Å². The molecule has 0 N–H and O–H groups in total. The molecule has 0 saturated carbocycles. The summed E-state index contributed by atoms with van der Waals surface area (Å²) in [6.07, 6.45) is 8.53. The summed E-state index contributed by atoms with van der Waals surface area (Å²) >= 11 is 0. The van der Waals surface area contributed by atoms with E-state index in [1.54, 1.807) is 0 Å². The number of aryl methyl sites for hydroxylation is 3. The van der Waals surface area contributed by atoms with Crippen molar-refractivity contribution >= 4 is 5.91 Å². The number of amides is 1. The first-order valence-electron chi connectivity index (χ1n) is 9.29. The van der Waals surface area contributed by atoms with E-state index in [-0.39, 0.29) is 5.91 Å². The van der Waals surface area contributed by atoms with Crippen LogP contribution in [0.15, 0.2) is 30.6 Å². The van der Waals surface area contributed by atoms with Crippen LogP contribution >= 0.6 is 0 Å². The molecule has 1 amide bonds. The van der Waals surface area contributed by atoms with E-state index in [0.717, 1.165) is 44.6 Å². The Labute approximate surface area is 150 Å². The van der Waals surface area contributed by atoms with Crippen molar-refractivity contribution in [3.8, 4) is 0 Å². The molecule has 0 unspecified atom stereocenters. The minimum Gasteiger partial charge on any atom is -0.342 e. The molecule has 0 aliphatic carbocycles. The van der Waals surface area contributed by atoms with E-state index in [9.17, 15) is 4.79 Å². The van der Waals surface area contributed by atoms with Gasteiger partial charge in [-0.25, -0.2) is 0 Å². The van der Waals surface area contributed by atoms with Gasteiger partial charge < -0.3 is 4.90 Å². The maximum absolute atomic E-state index is 12.6. The van der Waals surface area contributed by atoms with Crippen LogP contribution in [0.3, 0.4) is 0 Å². The van der Waals surface area contributed by atoms with Crippen LogP contribution in [-0.2, 0) is 17.8 Å². The molecule has 5 heteroatoms. The van der Waals surface area contributed by atoms with Crippen LogP contribution in [0, 0.1) is 19.8 Å². The van der Waals surface area contributed by atoms with Gasteiger partial charge in [0.1, 0.15) is 0 Å². The molecule has 1 saturated heterocycles. The number of aromatic nitrogens is 3. The van der Waals surface area contributed by atoms with Crippen molar-refractivity contribution in [2.75, 3.05) is 13.1 Å². The second kappa shape index (κ2) is 8.28. The zero-order valence-corrected chi connectivity index (χ0v) is 15.3. The molecule has 0 spiro atoms. The number of hydrogen-bond donors (Lipinski definition) is 0. The largest absolute Gasteiger partial charge is 0.342 e. The molecule has 1 atom stereocenters. The van der Waals surface area contributed by atoms with Crippen molar-refractivity contribution in [1.82, 2.24) is 19.7 Å². The Morgan fingerprint density at radius 3 is 2.96 bits per heavy atom. The van der Waals surface area contributed by atoms with E-state index in [1.807, 2.05) is 30.1 Å². The van der Waals surface area contributed by atoms with Crippen LogP contribution in [-0.4, -0.2) is 38.7 Å². The van der Waals surface area contributed by atoms with Crippen LogP contribution in [0.5, 0.6) is 0 Å². The summed E-state index contributed by atoms with van der Waals surface area (Å²) < 4.78 is 2.00. The van der Waals surface area contributed by atoms with Crippen LogP contribution in [0.4, 0.5) is 0 Å². The van der Waals surface area contributed by atoms with Gasteiger partial charge in [-0.2, -0.15) is 5.10 Å². The predicted octanol–water partition coefficient (Wildman–Crippen LogP) is 3.16. The molecule has 3 rings (SSSR count). The van der Waals surface area contributed by atoms with Crippen LogP contribution in [0.2, 0.25) is 0 Å². The van der Waals surface area contributed by atoms with Crippen molar-refractivity contribution in [3.05, 3.63) is 47.5 Å². The van der Waals surface area contributed by atoms with Gasteiger partial charge in [-0.3, -0.25) is 14.5 Å². The van der Waals surface area contributed by atoms with Gasteiger partial charge in [0.2, 0.25) is 5.91 Å². The lowest BCUT2D eigenvalue weighted by atomic mass is 9.91. The summed E-state index contributed by atoms with van der Waals surface area (Å²) in [5.74, 6) is 0.843. The second-order valence-electron chi connectivity index (χ2n) is 7.17. The molecule has 134 valence electrons. The van der Waals surface area contributed by atoms with Crippen molar-refractivity contribution in [1.29, 1.82) is 0 Å². The summed E-state index contributed by atoms with van der Waals surface area (Å²) in [4.78, 5) is 18.8.